The highest BCUT2D eigenvalue weighted by molar-refractivity contribution is 8.01. The van der Waals surface area contributed by atoms with Gasteiger partial charge in [0.25, 0.3) is 0 Å². The number of hydrogen-bond acceptors (Lipinski definition) is 8. The molecule has 5 N–H and O–H groups in total. The molecule has 0 spiro atoms. The molecule has 0 aromatic rings. The van der Waals surface area contributed by atoms with E-state index < -0.39 is 36.0 Å². The third-order valence-corrected chi connectivity index (χ3v) is 8.42. The first-order valence-electron chi connectivity index (χ1n) is 8.93. The number of rotatable bonds is 7. The molecule has 0 amide bonds. The standard InChI is InChI=1S/C16H27N3O5S2/c1-7-11(10(8(2)20)14(21)22)18-12(15(23)24)13(7)26-9-5-19(6-9)16-17-3-4-25-16/h7-13,16-18,20H,3-6H2,1-2H3,(H,21,22)(H,23,24)/t7-,8-,10-,11-,12?,13-,16?/m1/s1. The molecule has 3 fully saturated rings. The summed E-state index contributed by atoms with van der Waals surface area (Å²) in [4.78, 5) is 25.6. The Bertz CT molecular complexity index is 540. The van der Waals surface area contributed by atoms with Crippen LogP contribution in [0, 0.1) is 11.8 Å². The third kappa shape index (κ3) is 4.00. The molecular weight excluding hydrogens is 378 g/mol. The van der Waals surface area contributed by atoms with Gasteiger partial charge in [-0.3, -0.25) is 25.1 Å². The van der Waals surface area contributed by atoms with E-state index in [-0.39, 0.29) is 11.2 Å². The van der Waals surface area contributed by atoms with Gasteiger partial charge in [-0.05, 0) is 12.8 Å². The van der Waals surface area contributed by atoms with E-state index in [1.54, 1.807) is 11.8 Å². The number of aliphatic hydroxyl groups excluding tert-OH is 1. The van der Waals surface area contributed by atoms with Gasteiger partial charge < -0.3 is 15.3 Å². The van der Waals surface area contributed by atoms with Crippen LogP contribution in [-0.4, -0.2) is 91.7 Å². The largest absolute Gasteiger partial charge is 0.481 e. The second-order valence-electron chi connectivity index (χ2n) is 7.33. The summed E-state index contributed by atoms with van der Waals surface area (Å²) >= 11 is 3.54. The van der Waals surface area contributed by atoms with Crippen molar-refractivity contribution in [3.63, 3.8) is 0 Å². The predicted octanol–water partition coefficient (Wildman–Crippen LogP) is -0.465. The van der Waals surface area contributed by atoms with Crippen LogP contribution in [0.25, 0.3) is 0 Å². The van der Waals surface area contributed by atoms with Gasteiger partial charge >= 0.3 is 11.9 Å². The van der Waals surface area contributed by atoms with Crippen molar-refractivity contribution >= 4 is 35.5 Å². The van der Waals surface area contributed by atoms with E-state index in [1.807, 2.05) is 18.7 Å². The van der Waals surface area contributed by atoms with Crippen molar-refractivity contribution in [3.05, 3.63) is 0 Å². The average Bonchev–Trinajstić information content (AvgIpc) is 3.12. The minimum Gasteiger partial charge on any atom is -0.481 e. The Morgan fingerprint density at radius 2 is 2.00 bits per heavy atom. The molecule has 0 aromatic heterocycles. The molecule has 148 valence electrons. The van der Waals surface area contributed by atoms with Crippen molar-refractivity contribution in [2.45, 2.75) is 48.0 Å². The van der Waals surface area contributed by atoms with E-state index in [9.17, 15) is 24.9 Å². The molecule has 2 unspecified atom stereocenters. The molecule has 3 heterocycles. The van der Waals surface area contributed by atoms with Gasteiger partial charge in [-0.25, -0.2) is 0 Å². The first kappa shape index (κ1) is 20.2. The number of carbonyl (C=O) groups is 2. The Kier molecular flexibility index (Phi) is 6.41. The van der Waals surface area contributed by atoms with Crippen molar-refractivity contribution in [3.8, 4) is 0 Å². The summed E-state index contributed by atoms with van der Waals surface area (Å²) in [6.45, 7) is 6.18. The van der Waals surface area contributed by atoms with Gasteiger partial charge in [0.1, 0.15) is 11.5 Å². The maximum atomic E-state index is 11.7. The first-order chi connectivity index (χ1) is 12.3. The maximum Gasteiger partial charge on any atom is 0.321 e. The quantitative estimate of drug-likeness (QED) is 0.380. The lowest BCUT2D eigenvalue weighted by Gasteiger charge is -2.43. The Labute approximate surface area is 161 Å². The Balaban J connectivity index is 1.63. The summed E-state index contributed by atoms with van der Waals surface area (Å²) in [6.07, 6.45) is -1.05. The zero-order valence-corrected chi connectivity index (χ0v) is 16.5. The van der Waals surface area contributed by atoms with Crippen LogP contribution in [0.3, 0.4) is 0 Å². The van der Waals surface area contributed by atoms with Crippen LogP contribution in [0.2, 0.25) is 0 Å². The molecule has 0 aliphatic carbocycles. The number of carboxylic acid groups (broad SMARTS) is 2. The van der Waals surface area contributed by atoms with Crippen molar-refractivity contribution in [1.29, 1.82) is 0 Å². The number of likely N-dealkylation sites (tertiary alicyclic amines) is 1. The number of carboxylic acids is 2. The zero-order chi connectivity index (χ0) is 19.0. The molecular formula is C16H27N3O5S2. The van der Waals surface area contributed by atoms with E-state index in [0.29, 0.717) is 10.7 Å². The molecule has 0 bridgehead atoms. The van der Waals surface area contributed by atoms with Gasteiger partial charge in [0, 0.05) is 41.9 Å². The van der Waals surface area contributed by atoms with Crippen LogP contribution in [-0.2, 0) is 9.59 Å². The summed E-state index contributed by atoms with van der Waals surface area (Å²) in [6, 6.07) is -1.36. The molecule has 8 nitrogen and oxygen atoms in total. The minimum atomic E-state index is -1.10. The van der Waals surface area contributed by atoms with E-state index in [2.05, 4.69) is 15.5 Å². The number of aliphatic carboxylic acids is 2. The lowest BCUT2D eigenvalue weighted by molar-refractivity contribution is -0.147. The van der Waals surface area contributed by atoms with Gasteiger partial charge in [-0.1, -0.05) is 6.92 Å². The fraction of sp³-hybridized carbons (Fsp3) is 0.875. The van der Waals surface area contributed by atoms with Gasteiger partial charge in [-0.2, -0.15) is 0 Å². The van der Waals surface area contributed by atoms with Crippen molar-refractivity contribution in [2.75, 3.05) is 25.4 Å². The second-order valence-corrected chi connectivity index (χ2v) is 10.00. The minimum absolute atomic E-state index is 0.162. The van der Waals surface area contributed by atoms with E-state index in [1.165, 1.54) is 6.92 Å². The second kappa shape index (κ2) is 8.24. The fourth-order valence-electron chi connectivity index (χ4n) is 4.08. The Morgan fingerprint density at radius 1 is 1.31 bits per heavy atom. The number of nitrogens with one attached hydrogen (secondary N) is 2. The van der Waals surface area contributed by atoms with E-state index >= 15 is 0 Å². The van der Waals surface area contributed by atoms with Crippen LogP contribution in [0.15, 0.2) is 0 Å². The molecule has 3 aliphatic rings. The molecule has 0 saturated carbocycles. The van der Waals surface area contributed by atoms with Crippen LogP contribution in [0.4, 0.5) is 0 Å². The van der Waals surface area contributed by atoms with Gasteiger partial charge in [0.15, 0.2) is 0 Å². The number of hydrogen-bond donors (Lipinski definition) is 5. The predicted molar refractivity (Wildman–Crippen MR) is 101 cm³/mol. The van der Waals surface area contributed by atoms with Crippen LogP contribution in [0.5, 0.6) is 0 Å². The summed E-state index contributed by atoms with van der Waals surface area (Å²) in [5, 5.41) is 35.5. The normalized spacial score (nSPS) is 38.0. The summed E-state index contributed by atoms with van der Waals surface area (Å²) in [5.74, 6) is -2.13. The number of nitrogens with zero attached hydrogens (tertiary/aromatic N) is 1. The van der Waals surface area contributed by atoms with Crippen molar-refractivity contribution in [1.82, 2.24) is 15.5 Å². The highest BCUT2D eigenvalue weighted by atomic mass is 32.2. The summed E-state index contributed by atoms with van der Waals surface area (Å²) in [5.41, 5.74) is 0.362. The van der Waals surface area contributed by atoms with Gasteiger partial charge in [-0.15, -0.1) is 23.5 Å². The lowest BCUT2D eigenvalue weighted by Crippen LogP contribution is -2.57. The van der Waals surface area contributed by atoms with Crippen molar-refractivity contribution in [2.24, 2.45) is 11.8 Å². The van der Waals surface area contributed by atoms with Crippen LogP contribution >= 0.6 is 23.5 Å². The highest BCUT2D eigenvalue weighted by Crippen LogP contribution is 2.40. The molecule has 3 saturated heterocycles. The zero-order valence-electron chi connectivity index (χ0n) is 14.9. The average molecular weight is 406 g/mol. The summed E-state index contributed by atoms with van der Waals surface area (Å²) in [7, 11) is 0. The molecule has 3 rings (SSSR count). The summed E-state index contributed by atoms with van der Waals surface area (Å²) < 4.78 is 0. The SMILES string of the molecule is C[C@@H]1[C@H]([C@H](C(=O)O)[C@@H](C)O)NC(C(=O)O)[C@@H]1SC1CN(C2NCCS2)C1. The van der Waals surface area contributed by atoms with Gasteiger partial charge in [0.05, 0.1) is 12.0 Å². The molecule has 10 heteroatoms. The molecule has 3 aliphatic heterocycles. The highest BCUT2D eigenvalue weighted by Gasteiger charge is 2.51. The van der Waals surface area contributed by atoms with Crippen LogP contribution < -0.4 is 10.6 Å². The topological polar surface area (TPSA) is 122 Å². The number of thioether (sulfide) groups is 2. The molecule has 26 heavy (non-hydrogen) atoms. The molecule has 0 aromatic carbocycles. The van der Waals surface area contributed by atoms with E-state index in [4.69, 9.17) is 0 Å². The smallest absolute Gasteiger partial charge is 0.321 e. The molecule has 0 radical (unpaired) electrons. The lowest BCUT2D eigenvalue weighted by atomic mass is 9.87. The Hall–Kier alpha value is -0.520. The molecule has 7 atom stereocenters. The maximum absolute atomic E-state index is 11.7. The van der Waals surface area contributed by atoms with E-state index in [0.717, 1.165) is 25.4 Å². The third-order valence-electron chi connectivity index (χ3n) is 5.50. The Morgan fingerprint density at radius 3 is 2.50 bits per heavy atom. The van der Waals surface area contributed by atoms with Crippen LogP contribution in [0.1, 0.15) is 13.8 Å². The van der Waals surface area contributed by atoms with Gasteiger partial charge in [0.2, 0.25) is 0 Å². The first-order valence-corrected chi connectivity index (χ1v) is 10.9. The fourth-order valence-corrected chi connectivity index (χ4v) is 6.93. The van der Waals surface area contributed by atoms with Crippen molar-refractivity contribution < 1.29 is 24.9 Å². The number of aliphatic hydroxyl groups is 1. The monoisotopic (exact) mass is 405 g/mol.